The van der Waals surface area contributed by atoms with Crippen LogP contribution in [0.3, 0.4) is 0 Å². The molecule has 2 heterocycles. The number of hydrogen-bond donors (Lipinski definition) is 1. The number of esters is 1. The lowest BCUT2D eigenvalue weighted by Gasteiger charge is -2.15. The van der Waals surface area contributed by atoms with E-state index < -0.39 is 35.9 Å². The standard InChI is InChI=1S/C27H18ClF3N2O3S/c28-20-8-3-7-19(27(29,30)31)25(20)33-22(34)14-36-26(35)23-17-6-1-2-9-21(17)32-24-15(10-11-18(23)24)13-16-5-4-12-37-16/h1-9,12-13H,10-11,14H2,(H,33,34)/b15-13-. The molecule has 0 unspecified atom stereocenters. The maximum Gasteiger partial charge on any atom is 0.418 e. The van der Waals surface area contributed by atoms with Crippen LogP contribution in [0.1, 0.15) is 38.5 Å². The molecule has 37 heavy (non-hydrogen) atoms. The summed E-state index contributed by atoms with van der Waals surface area (Å²) in [6.45, 7) is -0.787. The van der Waals surface area contributed by atoms with Gasteiger partial charge in [0.15, 0.2) is 6.61 Å². The third-order valence-electron chi connectivity index (χ3n) is 5.92. The first-order valence-corrected chi connectivity index (χ1v) is 12.5. The Morgan fingerprint density at radius 3 is 2.65 bits per heavy atom. The molecular weight excluding hydrogens is 525 g/mol. The molecule has 10 heteroatoms. The summed E-state index contributed by atoms with van der Waals surface area (Å²) in [5.74, 6) is -1.70. The predicted octanol–water partition coefficient (Wildman–Crippen LogP) is 7.25. The number of allylic oxidation sites excluding steroid dienone is 1. The molecule has 0 saturated carbocycles. The van der Waals surface area contributed by atoms with E-state index in [0.717, 1.165) is 28.1 Å². The summed E-state index contributed by atoms with van der Waals surface area (Å²) < 4.78 is 45.3. The summed E-state index contributed by atoms with van der Waals surface area (Å²) in [6.07, 6.45) is -1.43. The molecule has 0 bridgehead atoms. The number of carbonyl (C=O) groups is 2. The van der Waals surface area contributed by atoms with Crippen molar-refractivity contribution >= 4 is 63.1 Å². The molecule has 0 fully saturated rings. The first-order valence-electron chi connectivity index (χ1n) is 11.2. The average Bonchev–Trinajstić information content (AvgIpc) is 3.52. The number of anilines is 1. The van der Waals surface area contributed by atoms with Crippen molar-refractivity contribution in [3.8, 4) is 0 Å². The van der Waals surface area contributed by atoms with E-state index in [1.807, 2.05) is 29.7 Å². The van der Waals surface area contributed by atoms with Gasteiger partial charge in [0.25, 0.3) is 5.91 Å². The molecule has 5 nitrogen and oxygen atoms in total. The summed E-state index contributed by atoms with van der Waals surface area (Å²) in [7, 11) is 0. The quantitative estimate of drug-likeness (QED) is 0.270. The van der Waals surface area contributed by atoms with Crippen molar-refractivity contribution in [3.63, 3.8) is 0 Å². The van der Waals surface area contributed by atoms with Gasteiger partial charge in [-0.1, -0.05) is 41.9 Å². The minimum absolute atomic E-state index is 0.280. The number of nitrogens with zero attached hydrogens (tertiary/aromatic N) is 1. The minimum Gasteiger partial charge on any atom is -0.452 e. The topological polar surface area (TPSA) is 68.3 Å². The van der Waals surface area contributed by atoms with Gasteiger partial charge in [-0.3, -0.25) is 4.79 Å². The van der Waals surface area contributed by atoms with Gasteiger partial charge in [-0.2, -0.15) is 13.2 Å². The number of ether oxygens (including phenoxy) is 1. The molecule has 4 aromatic rings. The zero-order valence-corrected chi connectivity index (χ0v) is 20.6. The molecule has 188 valence electrons. The zero-order chi connectivity index (χ0) is 26.2. The molecule has 0 spiro atoms. The van der Waals surface area contributed by atoms with E-state index in [1.165, 1.54) is 6.07 Å². The highest BCUT2D eigenvalue weighted by Crippen LogP contribution is 2.39. The summed E-state index contributed by atoms with van der Waals surface area (Å²) in [4.78, 5) is 31.6. The van der Waals surface area contributed by atoms with Gasteiger partial charge >= 0.3 is 12.1 Å². The predicted molar refractivity (Wildman–Crippen MR) is 138 cm³/mol. The van der Waals surface area contributed by atoms with E-state index in [-0.39, 0.29) is 5.02 Å². The maximum atomic E-state index is 13.3. The fraction of sp³-hybridized carbons (Fsp3) is 0.148. The number of amides is 1. The van der Waals surface area contributed by atoms with Crippen LogP contribution in [0, 0.1) is 0 Å². The number of nitrogens with one attached hydrogen (secondary N) is 1. The number of pyridine rings is 1. The number of benzene rings is 2. The lowest BCUT2D eigenvalue weighted by atomic mass is 10.0. The normalized spacial score (nSPS) is 14.1. The van der Waals surface area contributed by atoms with Crippen LogP contribution in [-0.2, 0) is 22.1 Å². The Bertz CT molecular complexity index is 1550. The van der Waals surface area contributed by atoms with Crippen LogP contribution in [0.5, 0.6) is 0 Å². The van der Waals surface area contributed by atoms with Gasteiger partial charge in [-0.15, -0.1) is 11.3 Å². The van der Waals surface area contributed by atoms with Crippen molar-refractivity contribution in [2.24, 2.45) is 0 Å². The van der Waals surface area contributed by atoms with Crippen molar-refractivity contribution < 1.29 is 27.5 Å². The van der Waals surface area contributed by atoms with Gasteiger partial charge in [0, 0.05) is 10.3 Å². The smallest absolute Gasteiger partial charge is 0.418 e. The highest BCUT2D eigenvalue weighted by molar-refractivity contribution is 7.10. The summed E-state index contributed by atoms with van der Waals surface area (Å²) >= 11 is 7.49. The molecule has 1 N–H and O–H groups in total. The van der Waals surface area contributed by atoms with E-state index in [9.17, 15) is 22.8 Å². The lowest BCUT2D eigenvalue weighted by Crippen LogP contribution is -2.23. The molecule has 1 aliphatic rings. The van der Waals surface area contributed by atoms with Crippen molar-refractivity contribution in [2.45, 2.75) is 19.0 Å². The second-order valence-corrected chi connectivity index (χ2v) is 9.69. The molecule has 1 amide bonds. The summed E-state index contributed by atoms with van der Waals surface area (Å²) in [5.41, 5.74) is 1.64. The third kappa shape index (κ3) is 5.10. The van der Waals surface area contributed by atoms with Crippen LogP contribution in [-0.4, -0.2) is 23.5 Å². The number of hydrogen-bond acceptors (Lipinski definition) is 5. The Labute approximate surface area is 218 Å². The number of fused-ring (bicyclic) bond motifs is 2. The van der Waals surface area contributed by atoms with E-state index in [2.05, 4.69) is 5.32 Å². The first-order chi connectivity index (χ1) is 17.7. The largest absolute Gasteiger partial charge is 0.452 e. The number of para-hydroxylation sites is 2. The number of thiophene rings is 1. The molecule has 5 rings (SSSR count). The van der Waals surface area contributed by atoms with Gasteiger partial charge < -0.3 is 10.1 Å². The van der Waals surface area contributed by atoms with Crippen LogP contribution < -0.4 is 5.32 Å². The highest BCUT2D eigenvalue weighted by atomic mass is 35.5. The fourth-order valence-corrected chi connectivity index (χ4v) is 5.23. The number of alkyl halides is 3. The summed E-state index contributed by atoms with van der Waals surface area (Å²) in [6, 6.07) is 14.2. The van der Waals surface area contributed by atoms with Gasteiger partial charge in [-0.05, 0) is 59.7 Å². The Morgan fingerprint density at radius 2 is 1.89 bits per heavy atom. The number of halogens is 4. The van der Waals surface area contributed by atoms with Crippen LogP contribution in [0.2, 0.25) is 5.02 Å². The minimum atomic E-state index is -4.73. The molecule has 0 saturated heterocycles. The van der Waals surface area contributed by atoms with Gasteiger partial charge in [0.1, 0.15) is 0 Å². The Morgan fingerprint density at radius 1 is 1.08 bits per heavy atom. The van der Waals surface area contributed by atoms with E-state index in [4.69, 9.17) is 21.3 Å². The van der Waals surface area contributed by atoms with Crippen molar-refractivity contribution in [3.05, 3.63) is 92.3 Å². The van der Waals surface area contributed by atoms with Crippen LogP contribution in [0.25, 0.3) is 22.6 Å². The van der Waals surface area contributed by atoms with Crippen LogP contribution in [0.15, 0.2) is 60.0 Å². The van der Waals surface area contributed by atoms with Crippen molar-refractivity contribution in [2.75, 3.05) is 11.9 Å². The molecule has 2 aromatic heterocycles. The van der Waals surface area contributed by atoms with Gasteiger partial charge in [0.2, 0.25) is 0 Å². The number of carbonyl (C=O) groups excluding carboxylic acids is 2. The van der Waals surface area contributed by atoms with Gasteiger partial charge in [0.05, 0.1) is 33.0 Å². The van der Waals surface area contributed by atoms with E-state index in [1.54, 1.807) is 29.5 Å². The number of aromatic nitrogens is 1. The molecule has 0 atom stereocenters. The Kier molecular flexibility index (Phi) is 6.74. The zero-order valence-electron chi connectivity index (χ0n) is 19.1. The van der Waals surface area contributed by atoms with Crippen LogP contribution >= 0.6 is 22.9 Å². The monoisotopic (exact) mass is 542 g/mol. The second kappa shape index (κ2) is 9.99. The number of rotatable bonds is 5. The SMILES string of the molecule is O=C(COC(=O)c1c2c(nc3ccccc13)/C(=C\c1cccs1)CC2)Nc1c(Cl)cccc1C(F)(F)F. The molecule has 2 aromatic carbocycles. The first kappa shape index (κ1) is 25.0. The maximum absolute atomic E-state index is 13.3. The van der Waals surface area contributed by atoms with Crippen molar-refractivity contribution in [1.82, 2.24) is 4.98 Å². The average molecular weight is 543 g/mol. The fourth-order valence-electron chi connectivity index (χ4n) is 4.32. The molecule has 0 radical (unpaired) electrons. The second-order valence-electron chi connectivity index (χ2n) is 8.30. The van der Waals surface area contributed by atoms with E-state index in [0.29, 0.717) is 35.0 Å². The lowest BCUT2D eigenvalue weighted by molar-refractivity contribution is -0.137. The molecule has 0 aliphatic heterocycles. The van der Waals surface area contributed by atoms with Gasteiger partial charge in [-0.25, -0.2) is 9.78 Å². The highest BCUT2D eigenvalue weighted by Gasteiger charge is 2.35. The van der Waals surface area contributed by atoms with Crippen molar-refractivity contribution in [1.29, 1.82) is 0 Å². The van der Waals surface area contributed by atoms with E-state index >= 15 is 0 Å². The molecule has 1 aliphatic carbocycles. The Hall–Kier alpha value is -3.69. The summed E-state index contributed by atoms with van der Waals surface area (Å²) in [5, 5.41) is 4.40. The van der Waals surface area contributed by atoms with Crippen LogP contribution in [0.4, 0.5) is 18.9 Å². The Balaban J connectivity index is 1.42. The third-order valence-corrected chi connectivity index (χ3v) is 7.06. The molecular formula is C27H18ClF3N2O3S.